The van der Waals surface area contributed by atoms with Crippen LogP contribution in [0.2, 0.25) is 0 Å². The van der Waals surface area contributed by atoms with Crippen LogP contribution in [0.25, 0.3) is 0 Å². The smallest absolute Gasteiger partial charge is 0.220 e. The standard InChI is InChI=1S/C16H24N2O2/c17-11-13-4-6-14(7-5-13)12-18-16(19)9-8-15-3-1-2-10-20-15/h4-7,15H,1-3,8-12,17H2,(H,18,19). The summed E-state index contributed by atoms with van der Waals surface area (Å²) in [4.78, 5) is 11.8. The first-order valence-corrected chi connectivity index (χ1v) is 7.44. The first-order valence-electron chi connectivity index (χ1n) is 7.44. The molecule has 2 rings (SSSR count). The molecule has 1 atom stereocenters. The fourth-order valence-corrected chi connectivity index (χ4v) is 2.41. The van der Waals surface area contributed by atoms with Crippen LogP contribution >= 0.6 is 0 Å². The summed E-state index contributed by atoms with van der Waals surface area (Å²) in [7, 11) is 0. The number of nitrogens with two attached hydrogens (primary N) is 1. The zero-order chi connectivity index (χ0) is 14.2. The van der Waals surface area contributed by atoms with E-state index in [2.05, 4.69) is 5.32 Å². The molecule has 1 unspecified atom stereocenters. The van der Waals surface area contributed by atoms with E-state index in [1.807, 2.05) is 24.3 Å². The Morgan fingerprint density at radius 1 is 1.25 bits per heavy atom. The van der Waals surface area contributed by atoms with Crippen molar-refractivity contribution in [1.82, 2.24) is 5.32 Å². The number of hydrogen-bond donors (Lipinski definition) is 2. The highest BCUT2D eigenvalue weighted by atomic mass is 16.5. The number of carbonyl (C=O) groups excluding carboxylic acids is 1. The third kappa shape index (κ3) is 4.94. The van der Waals surface area contributed by atoms with Crippen LogP contribution in [-0.4, -0.2) is 18.6 Å². The molecule has 1 aliphatic rings. The summed E-state index contributed by atoms with van der Waals surface area (Å²) in [6, 6.07) is 8.01. The minimum Gasteiger partial charge on any atom is -0.378 e. The van der Waals surface area contributed by atoms with Gasteiger partial charge in [-0.05, 0) is 36.8 Å². The summed E-state index contributed by atoms with van der Waals surface area (Å²) in [6.45, 7) is 1.98. The van der Waals surface area contributed by atoms with Crippen molar-refractivity contribution in [2.24, 2.45) is 5.73 Å². The minimum atomic E-state index is 0.0991. The highest BCUT2D eigenvalue weighted by molar-refractivity contribution is 5.75. The van der Waals surface area contributed by atoms with Crippen LogP contribution in [0.15, 0.2) is 24.3 Å². The van der Waals surface area contributed by atoms with Crippen molar-refractivity contribution in [3.05, 3.63) is 35.4 Å². The maximum atomic E-state index is 11.8. The van der Waals surface area contributed by atoms with Gasteiger partial charge in [-0.2, -0.15) is 0 Å². The molecule has 1 aliphatic heterocycles. The molecule has 0 saturated carbocycles. The summed E-state index contributed by atoms with van der Waals surface area (Å²) < 4.78 is 5.62. The highest BCUT2D eigenvalue weighted by Crippen LogP contribution is 2.16. The normalized spacial score (nSPS) is 18.8. The summed E-state index contributed by atoms with van der Waals surface area (Å²) in [5.74, 6) is 0.0991. The molecular weight excluding hydrogens is 252 g/mol. The molecule has 110 valence electrons. The molecule has 0 bridgehead atoms. The molecule has 0 aliphatic carbocycles. The van der Waals surface area contributed by atoms with Gasteiger partial charge in [0.25, 0.3) is 0 Å². The molecule has 1 fully saturated rings. The second-order valence-electron chi connectivity index (χ2n) is 5.32. The fourth-order valence-electron chi connectivity index (χ4n) is 2.41. The van der Waals surface area contributed by atoms with Gasteiger partial charge in [0.05, 0.1) is 6.10 Å². The molecule has 1 aromatic carbocycles. The molecule has 4 nitrogen and oxygen atoms in total. The van der Waals surface area contributed by atoms with Gasteiger partial charge in [0.1, 0.15) is 0 Å². The number of nitrogens with one attached hydrogen (secondary N) is 1. The molecular formula is C16H24N2O2. The Balaban J connectivity index is 1.66. The van der Waals surface area contributed by atoms with E-state index in [0.717, 1.165) is 37.0 Å². The van der Waals surface area contributed by atoms with Gasteiger partial charge in [0.15, 0.2) is 0 Å². The van der Waals surface area contributed by atoms with E-state index in [-0.39, 0.29) is 12.0 Å². The quantitative estimate of drug-likeness (QED) is 0.836. The molecule has 0 spiro atoms. The van der Waals surface area contributed by atoms with Crippen LogP contribution < -0.4 is 11.1 Å². The molecule has 0 radical (unpaired) electrons. The van der Waals surface area contributed by atoms with Gasteiger partial charge in [0, 0.05) is 26.1 Å². The molecule has 1 aromatic rings. The van der Waals surface area contributed by atoms with Gasteiger partial charge in [-0.3, -0.25) is 4.79 Å². The van der Waals surface area contributed by atoms with E-state index in [0.29, 0.717) is 19.5 Å². The van der Waals surface area contributed by atoms with E-state index in [4.69, 9.17) is 10.5 Å². The van der Waals surface area contributed by atoms with Crippen molar-refractivity contribution in [3.63, 3.8) is 0 Å². The molecule has 0 aromatic heterocycles. The summed E-state index contributed by atoms with van der Waals surface area (Å²) in [5, 5.41) is 2.95. The van der Waals surface area contributed by atoms with Gasteiger partial charge < -0.3 is 15.8 Å². The average Bonchev–Trinajstić information content (AvgIpc) is 2.52. The number of amides is 1. The number of benzene rings is 1. The van der Waals surface area contributed by atoms with Crippen LogP contribution in [0, 0.1) is 0 Å². The molecule has 1 heterocycles. The Morgan fingerprint density at radius 3 is 2.65 bits per heavy atom. The van der Waals surface area contributed by atoms with E-state index >= 15 is 0 Å². The van der Waals surface area contributed by atoms with Crippen molar-refractivity contribution in [3.8, 4) is 0 Å². The Hall–Kier alpha value is -1.39. The Morgan fingerprint density at radius 2 is 2.00 bits per heavy atom. The first kappa shape index (κ1) is 15.0. The van der Waals surface area contributed by atoms with E-state index in [9.17, 15) is 4.79 Å². The van der Waals surface area contributed by atoms with Crippen molar-refractivity contribution < 1.29 is 9.53 Å². The molecule has 1 saturated heterocycles. The minimum absolute atomic E-state index is 0.0991. The summed E-state index contributed by atoms with van der Waals surface area (Å²) in [5.41, 5.74) is 7.76. The molecule has 4 heteroatoms. The van der Waals surface area contributed by atoms with Crippen LogP contribution in [0.4, 0.5) is 0 Å². The molecule has 1 amide bonds. The second-order valence-corrected chi connectivity index (χ2v) is 5.32. The fraction of sp³-hybridized carbons (Fsp3) is 0.562. The van der Waals surface area contributed by atoms with Gasteiger partial charge in [0.2, 0.25) is 5.91 Å². The van der Waals surface area contributed by atoms with Crippen molar-refractivity contribution in [2.45, 2.75) is 51.3 Å². The molecule has 20 heavy (non-hydrogen) atoms. The number of hydrogen-bond acceptors (Lipinski definition) is 3. The van der Waals surface area contributed by atoms with Crippen LogP contribution in [0.1, 0.15) is 43.2 Å². The Kier molecular flexibility index (Phi) is 6.02. The monoisotopic (exact) mass is 276 g/mol. The van der Waals surface area contributed by atoms with Crippen LogP contribution in [-0.2, 0) is 22.6 Å². The van der Waals surface area contributed by atoms with Crippen molar-refractivity contribution in [2.75, 3.05) is 6.61 Å². The second kappa shape index (κ2) is 8.02. The molecule has 3 N–H and O–H groups in total. The van der Waals surface area contributed by atoms with Crippen molar-refractivity contribution >= 4 is 5.91 Å². The third-order valence-corrected chi connectivity index (χ3v) is 3.72. The maximum absolute atomic E-state index is 11.8. The topological polar surface area (TPSA) is 64.3 Å². The van der Waals surface area contributed by atoms with Crippen molar-refractivity contribution in [1.29, 1.82) is 0 Å². The summed E-state index contributed by atoms with van der Waals surface area (Å²) in [6.07, 6.45) is 5.12. The summed E-state index contributed by atoms with van der Waals surface area (Å²) >= 11 is 0. The highest BCUT2D eigenvalue weighted by Gasteiger charge is 2.15. The number of rotatable bonds is 6. The van der Waals surface area contributed by atoms with E-state index < -0.39 is 0 Å². The predicted molar refractivity (Wildman–Crippen MR) is 79.0 cm³/mol. The lowest BCUT2D eigenvalue weighted by Gasteiger charge is -2.22. The van der Waals surface area contributed by atoms with Gasteiger partial charge >= 0.3 is 0 Å². The van der Waals surface area contributed by atoms with Gasteiger partial charge in [-0.25, -0.2) is 0 Å². The Labute approximate surface area is 120 Å². The van der Waals surface area contributed by atoms with Crippen LogP contribution in [0.5, 0.6) is 0 Å². The lowest BCUT2D eigenvalue weighted by atomic mass is 10.0. The third-order valence-electron chi connectivity index (χ3n) is 3.72. The average molecular weight is 276 g/mol. The van der Waals surface area contributed by atoms with Gasteiger partial charge in [-0.15, -0.1) is 0 Å². The lowest BCUT2D eigenvalue weighted by Crippen LogP contribution is -2.26. The van der Waals surface area contributed by atoms with E-state index in [1.54, 1.807) is 0 Å². The SMILES string of the molecule is NCc1ccc(CNC(=O)CCC2CCCCO2)cc1. The zero-order valence-electron chi connectivity index (χ0n) is 11.9. The van der Waals surface area contributed by atoms with Gasteiger partial charge in [-0.1, -0.05) is 24.3 Å². The van der Waals surface area contributed by atoms with E-state index in [1.165, 1.54) is 6.42 Å². The first-order chi connectivity index (χ1) is 9.78. The zero-order valence-corrected chi connectivity index (χ0v) is 11.9. The lowest BCUT2D eigenvalue weighted by molar-refractivity contribution is -0.122. The predicted octanol–water partition coefficient (Wildman–Crippen LogP) is 2.11. The Bertz CT molecular complexity index is 411. The maximum Gasteiger partial charge on any atom is 0.220 e. The number of carbonyl (C=O) groups is 1. The van der Waals surface area contributed by atoms with Crippen LogP contribution in [0.3, 0.4) is 0 Å². The number of ether oxygens (including phenoxy) is 1. The largest absolute Gasteiger partial charge is 0.378 e.